The molecular weight excluding hydrogens is 256 g/mol. The Morgan fingerprint density at radius 1 is 1.17 bits per heavy atom. The van der Waals surface area contributed by atoms with Gasteiger partial charge in [-0.1, -0.05) is 0 Å². The van der Waals surface area contributed by atoms with E-state index in [9.17, 15) is 13.2 Å². The number of benzene rings is 1. The molecule has 0 bridgehead atoms. The Hall–Kier alpha value is -2.12. The van der Waals surface area contributed by atoms with Crippen molar-refractivity contribution in [2.45, 2.75) is 4.90 Å². The summed E-state index contributed by atoms with van der Waals surface area (Å²) >= 11 is 0. The van der Waals surface area contributed by atoms with Gasteiger partial charge in [0.2, 0.25) is 22.3 Å². The fraction of sp³-hybridized carbons (Fsp3) is 0. The Morgan fingerprint density at radius 3 is 2.28 bits per heavy atom. The third-order valence-electron chi connectivity index (χ3n) is 2.29. The Labute approximate surface area is 104 Å². The predicted molar refractivity (Wildman–Crippen MR) is 64.7 cm³/mol. The fourth-order valence-electron chi connectivity index (χ4n) is 1.44. The number of rotatable bonds is 4. The third kappa shape index (κ3) is 2.41. The lowest BCUT2D eigenvalue weighted by Gasteiger charge is -2.14. The molecule has 1 aromatic carbocycles. The summed E-state index contributed by atoms with van der Waals surface area (Å²) in [6.45, 7) is 0. The first-order valence-corrected chi connectivity index (χ1v) is 6.48. The molecule has 94 valence electrons. The van der Waals surface area contributed by atoms with Gasteiger partial charge < -0.3 is 4.42 Å². The van der Waals surface area contributed by atoms with E-state index in [1.54, 1.807) is 12.1 Å². The number of hydrogen-bond acceptors (Lipinski definition) is 4. The van der Waals surface area contributed by atoms with Crippen LogP contribution in [0.2, 0.25) is 0 Å². The molecule has 0 saturated heterocycles. The molecule has 2 aromatic rings. The number of sulfonamides is 1. The van der Waals surface area contributed by atoms with E-state index in [2.05, 4.69) is 0 Å². The summed E-state index contributed by atoms with van der Waals surface area (Å²) in [5.74, 6) is 0.341. The molecule has 1 amide bonds. The summed E-state index contributed by atoms with van der Waals surface area (Å²) in [6, 6.07) is 8.84. The molecule has 1 aromatic heterocycles. The summed E-state index contributed by atoms with van der Waals surface area (Å²) in [7, 11) is -3.74. The van der Waals surface area contributed by atoms with E-state index in [-0.39, 0.29) is 4.90 Å². The van der Waals surface area contributed by atoms with Crippen LogP contribution in [0.5, 0.6) is 0 Å². The second-order valence-electron chi connectivity index (χ2n) is 3.47. The summed E-state index contributed by atoms with van der Waals surface area (Å²) in [4.78, 5) is 12.2. The van der Waals surface area contributed by atoms with Gasteiger partial charge in [-0.3, -0.25) is 9.69 Å². The van der Waals surface area contributed by atoms with Crippen LogP contribution in [0.15, 0.2) is 52.0 Å². The second-order valence-corrected chi connectivity index (χ2v) is 5.03. The molecule has 0 spiro atoms. The van der Waals surface area contributed by atoms with Crippen LogP contribution >= 0.6 is 0 Å². The van der Waals surface area contributed by atoms with Crippen LogP contribution in [0, 0.1) is 0 Å². The number of anilines is 2. The van der Waals surface area contributed by atoms with Gasteiger partial charge in [0.05, 0.1) is 16.8 Å². The van der Waals surface area contributed by atoms with Gasteiger partial charge in [-0.25, -0.2) is 13.6 Å². The number of carbonyl (C=O) groups is 1. The van der Waals surface area contributed by atoms with Crippen molar-refractivity contribution >= 4 is 28.0 Å². The van der Waals surface area contributed by atoms with E-state index in [1.807, 2.05) is 0 Å². The molecule has 0 aliphatic rings. The Balaban J connectivity index is 2.37. The molecule has 0 atom stereocenters. The highest BCUT2D eigenvalue weighted by Crippen LogP contribution is 2.24. The number of hydrogen-bond donors (Lipinski definition) is 1. The molecule has 0 unspecified atom stereocenters. The first-order valence-electron chi connectivity index (χ1n) is 4.93. The smallest absolute Gasteiger partial charge is 0.238 e. The standard InChI is InChI=1S/C11H10N2O4S/c12-18(15,16)10-5-3-9(4-6-10)13(8-14)11-2-1-7-17-11/h1-8H,(H2,12,15,16). The third-order valence-corrected chi connectivity index (χ3v) is 3.22. The maximum atomic E-state index is 11.1. The molecule has 0 aliphatic heterocycles. The molecule has 0 radical (unpaired) electrons. The lowest BCUT2D eigenvalue weighted by molar-refractivity contribution is -0.107. The van der Waals surface area contributed by atoms with Gasteiger partial charge >= 0.3 is 0 Å². The van der Waals surface area contributed by atoms with Crippen molar-refractivity contribution < 1.29 is 17.6 Å². The van der Waals surface area contributed by atoms with Crippen LogP contribution in [-0.4, -0.2) is 14.8 Å². The van der Waals surface area contributed by atoms with Gasteiger partial charge in [-0.2, -0.15) is 0 Å². The quantitative estimate of drug-likeness (QED) is 0.842. The van der Waals surface area contributed by atoms with Crippen molar-refractivity contribution in [3.63, 3.8) is 0 Å². The minimum atomic E-state index is -3.74. The number of amides is 1. The average molecular weight is 266 g/mol. The van der Waals surface area contributed by atoms with Gasteiger partial charge in [0.15, 0.2) is 0 Å². The van der Waals surface area contributed by atoms with Crippen molar-refractivity contribution in [2.24, 2.45) is 5.14 Å². The van der Waals surface area contributed by atoms with Crippen LogP contribution in [0.25, 0.3) is 0 Å². The summed E-state index contributed by atoms with van der Waals surface area (Å²) < 4.78 is 27.3. The number of primary sulfonamides is 1. The molecule has 7 heteroatoms. The van der Waals surface area contributed by atoms with Crippen molar-refractivity contribution in [3.8, 4) is 0 Å². The summed E-state index contributed by atoms with van der Waals surface area (Å²) in [6.07, 6.45) is 2.01. The van der Waals surface area contributed by atoms with Crippen LogP contribution in [0.1, 0.15) is 0 Å². The minimum absolute atomic E-state index is 0.0171. The largest absolute Gasteiger partial charge is 0.448 e. The normalized spacial score (nSPS) is 11.2. The highest BCUT2D eigenvalue weighted by atomic mass is 32.2. The van der Waals surface area contributed by atoms with Crippen molar-refractivity contribution in [2.75, 3.05) is 4.90 Å². The van der Waals surface area contributed by atoms with Crippen molar-refractivity contribution in [1.82, 2.24) is 0 Å². The van der Waals surface area contributed by atoms with Crippen LogP contribution in [-0.2, 0) is 14.8 Å². The van der Waals surface area contributed by atoms with Gasteiger partial charge in [-0.05, 0) is 30.3 Å². The maximum Gasteiger partial charge on any atom is 0.238 e. The topological polar surface area (TPSA) is 93.6 Å². The number of nitrogens with zero attached hydrogens (tertiary/aromatic N) is 1. The molecule has 6 nitrogen and oxygen atoms in total. The van der Waals surface area contributed by atoms with E-state index in [1.165, 1.54) is 35.4 Å². The zero-order valence-corrected chi connectivity index (χ0v) is 10.0. The fourth-order valence-corrected chi connectivity index (χ4v) is 1.96. The summed E-state index contributed by atoms with van der Waals surface area (Å²) in [5, 5.41) is 4.98. The molecule has 2 rings (SSSR count). The monoisotopic (exact) mass is 266 g/mol. The maximum absolute atomic E-state index is 11.1. The molecule has 18 heavy (non-hydrogen) atoms. The zero-order valence-electron chi connectivity index (χ0n) is 9.18. The molecule has 2 N–H and O–H groups in total. The number of carbonyl (C=O) groups excluding carboxylic acids is 1. The molecule has 0 saturated carbocycles. The Kier molecular flexibility index (Phi) is 3.17. The van der Waals surface area contributed by atoms with Gasteiger partial charge in [0.1, 0.15) is 0 Å². The van der Waals surface area contributed by atoms with E-state index in [0.717, 1.165) is 0 Å². The van der Waals surface area contributed by atoms with E-state index < -0.39 is 10.0 Å². The lowest BCUT2D eigenvalue weighted by atomic mass is 10.3. The number of nitrogens with two attached hydrogens (primary N) is 1. The predicted octanol–water partition coefficient (Wildman–Crippen LogP) is 1.22. The average Bonchev–Trinajstić information content (AvgIpc) is 2.83. The minimum Gasteiger partial charge on any atom is -0.448 e. The highest BCUT2D eigenvalue weighted by Gasteiger charge is 2.12. The van der Waals surface area contributed by atoms with E-state index in [4.69, 9.17) is 9.56 Å². The van der Waals surface area contributed by atoms with Gasteiger partial charge in [-0.15, -0.1) is 0 Å². The zero-order chi connectivity index (χ0) is 13.2. The molecule has 0 fully saturated rings. The Bertz CT molecular complexity index is 632. The first kappa shape index (κ1) is 12.3. The Morgan fingerprint density at radius 2 is 1.83 bits per heavy atom. The van der Waals surface area contributed by atoms with Crippen molar-refractivity contribution in [3.05, 3.63) is 42.7 Å². The van der Waals surface area contributed by atoms with Crippen LogP contribution in [0.3, 0.4) is 0 Å². The van der Waals surface area contributed by atoms with E-state index in [0.29, 0.717) is 18.0 Å². The lowest BCUT2D eigenvalue weighted by Crippen LogP contribution is -2.15. The van der Waals surface area contributed by atoms with Crippen molar-refractivity contribution in [1.29, 1.82) is 0 Å². The molecular formula is C11H10N2O4S. The van der Waals surface area contributed by atoms with Gasteiger partial charge in [0, 0.05) is 6.07 Å². The first-order chi connectivity index (χ1) is 8.52. The molecule has 0 aliphatic carbocycles. The molecule has 1 heterocycles. The summed E-state index contributed by atoms with van der Waals surface area (Å²) in [5.41, 5.74) is 0.479. The van der Waals surface area contributed by atoms with Gasteiger partial charge in [0.25, 0.3) is 0 Å². The SMILES string of the molecule is NS(=O)(=O)c1ccc(N(C=O)c2ccco2)cc1. The highest BCUT2D eigenvalue weighted by molar-refractivity contribution is 7.89. The van der Waals surface area contributed by atoms with Crippen LogP contribution in [0.4, 0.5) is 11.6 Å². The van der Waals surface area contributed by atoms with E-state index >= 15 is 0 Å². The number of furan rings is 1. The second kappa shape index (κ2) is 4.63. The van der Waals surface area contributed by atoms with Crippen LogP contribution < -0.4 is 10.0 Å².